The SMILES string of the molecule is C=CCN(CCO)Cc1coc(-c2cccc(F)c2)n1. The van der Waals surface area contributed by atoms with E-state index in [1.54, 1.807) is 24.5 Å². The Kier molecular flexibility index (Phi) is 5.03. The third kappa shape index (κ3) is 3.76. The quantitative estimate of drug-likeness (QED) is 0.789. The van der Waals surface area contributed by atoms with Crippen molar-refractivity contribution in [2.24, 2.45) is 0 Å². The molecule has 0 unspecified atom stereocenters. The fourth-order valence-electron chi connectivity index (χ4n) is 1.92. The molecule has 0 atom stereocenters. The Hall–Kier alpha value is -1.98. The van der Waals surface area contributed by atoms with E-state index in [0.717, 1.165) is 5.69 Å². The molecule has 2 aromatic rings. The number of aliphatic hydroxyl groups is 1. The number of nitrogens with zero attached hydrogens (tertiary/aromatic N) is 2. The topological polar surface area (TPSA) is 49.5 Å². The molecule has 4 nitrogen and oxygen atoms in total. The molecule has 0 aliphatic heterocycles. The van der Waals surface area contributed by atoms with Gasteiger partial charge in [-0.2, -0.15) is 0 Å². The van der Waals surface area contributed by atoms with E-state index in [1.807, 2.05) is 4.90 Å². The second-order valence-electron chi connectivity index (χ2n) is 4.40. The number of aliphatic hydroxyl groups excluding tert-OH is 1. The van der Waals surface area contributed by atoms with Crippen molar-refractivity contribution in [2.45, 2.75) is 6.54 Å². The molecule has 5 heteroatoms. The van der Waals surface area contributed by atoms with Gasteiger partial charge in [0.25, 0.3) is 0 Å². The molecule has 1 aromatic carbocycles. The molecule has 0 spiro atoms. The predicted octanol–water partition coefficient (Wildman–Crippen LogP) is 2.46. The molecule has 0 fully saturated rings. The van der Waals surface area contributed by atoms with Crippen molar-refractivity contribution in [3.8, 4) is 11.5 Å². The van der Waals surface area contributed by atoms with Crippen LogP contribution in [-0.2, 0) is 6.54 Å². The Labute approximate surface area is 117 Å². The molecule has 20 heavy (non-hydrogen) atoms. The van der Waals surface area contributed by atoms with Gasteiger partial charge in [0.15, 0.2) is 0 Å². The highest BCUT2D eigenvalue weighted by molar-refractivity contribution is 5.52. The van der Waals surface area contributed by atoms with Crippen molar-refractivity contribution < 1.29 is 13.9 Å². The number of rotatable bonds is 7. The monoisotopic (exact) mass is 276 g/mol. The molecule has 0 amide bonds. The zero-order valence-corrected chi connectivity index (χ0v) is 11.1. The lowest BCUT2D eigenvalue weighted by Gasteiger charge is -2.17. The van der Waals surface area contributed by atoms with E-state index in [9.17, 15) is 4.39 Å². The zero-order chi connectivity index (χ0) is 14.4. The molecule has 2 rings (SSSR count). The maximum absolute atomic E-state index is 13.2. The van der Waals surface area contributed by atoms with Gasteiger partial charge in [0.1, 0.15) is 12.1 Å². The van der Waals surface area contributed by atoms with Gasteiger partial charge in [-0.3, -0.25) is 4.90 Å². The van der Waals surface area contributed by atoms with Crippen molar-refractivity contribution in [1.29, 1.82) is 0 Å². The van der Waals surface area contributed by atoms with Crippen LogP contribution in [0.15, 0.2) is 47.6 Å². The standard InChI is InChI=1S/C15H17FN2O2/c1-2-6-18(7-8-19)10-14-11-20-15(17-14)12-4-3-5-13(16)9-12/h2-5,9,11,19H,1,6-8,10H2. The predicted molar refractivity (Wildman–Crippen MR) is 74.5 cm³/mol. The van der Waals surface area contributed by atoms with Crippen molar-refractivity contribution in [3.63, 3.8) is 0 Å². The first-order valence-electron chi connectivity index (χ1n) is 6.37. The van der Waals surface area contributed by atoms with Crippen LogP contribution in [0, 0.1) is 5.82 Å². The van der Waals surface area contributed by atoms with Gasteiger partial charge >= 0.3 is 0 Å². The molecule has 1 N–H and O–H groups in total. The van der Waals surface area contributed by atoms with Gasteiger partial charge in [0, 0.05) is 25.2 Å². The molecule has 106 valence electrons. The summed E-state index contributed by atoms with van der Waals surface area (Å²) in [6.45, 7) is 5.49. The van der Waals surface area contributed by atoms with Crippen molar-refractivity contribution in [2.75, 3.05) is 19.7 Å². The molecular weight excluding hydrogens is 259 g/mol. The summed E-state index contributed by atoms with van der Waals surface area (Å²) in [5.41, 5.74) is 1.34. The molecule has 0 bridgehead atoms. The second-order valence-corrected chi connectivity index (χ2v) is 4.40. The van der Waals surface area contributed by atoms with Crippen LogP contribution in [0.4, 0.5) is 4.39 Å². The van der Waals surface area contributed by atoms with Gasteiger partial charge in [0.05, 0.1) is 12.3 Å². The lowest BCUT2D eigenvalue weighted by Crippen LogP contribution is -2.26. The largest absolute Gasteiger partial charge is 0.444 e. The van der Waals surface area contributed by atoms with Crippen molar-refractivity contribution in [1.82, 2.24) is 9.88 Å². The van der Waals surface area contributed by atoms with Crippen LogP contribution in [0.25, 0.3) is 11.5 Å². The summed E-state index contributed by atoms with van der Waals surface area (Å²) in [7, 11) is 0. The van der Waals surface area contributed by atoms with E-state index in [-0.39, 0.29) is 12.4 Å². The molecule has 0 saturated heterocycles. The average molecular weight is 276 g/mol. The van der Waals surface area contributed by atoms with Gasteiger partial charge in [-0.25, -0.2) is 9.37 Å². The third-order valence-electron chi connectivity index (χ3n) is 2.81. The number of hydrogen-bond acceptors (Lipinski definition) is 4. The van der Waals surface area contributed by atoms with Crippen LogP contribution in [-0.4, -0.2) is 34.7 Å². The Balaban J connectivity index is 2.10. The van der Waals surface area contributed by atoms with Crippen LogP contribution in [0.1, 0.15) is 5.69 Å². The molecule has 0 aliphatic carbocycles. The maximum atomic E-state index is 13.2. The highest BCUT2D eigenvalue weighted by Gasteiger charge is 2.10. The minimum atomic E-state index is -0.323. The minimum absolute atomic E-state index is 0.0719. The Morgan fingerprint density at radius 2 is 2.30 bits per heavy atom. The molecule has 1 aromatic heterocycles. The van der Waals surface area contributed by atoms with Crippen molar-refractivity contribution >= 4 is 0 Å². The number of oxazole rings is 1. The van der Waals surface area contributed by atoms with Crippen molar-refractivity contribution in [3.05, 3.63) is 54.7 Å². The zero-order valence-electron chi connectivity index (χ0n) is 11.1. The maximum Gasteiger partial charge on any atom is 0.226 e. The summed E-state index contributed by atoms with van der Waals surface area (Å²) in [4.78, 5) is 6.32. The number of hydrogen-bond donors (Lipinski definition) is 1. The van der Waals surface area contributed by atoms with Crippen LogP contribution < -0.4 is 0 Å². The summed E-state index contributed by atoms with van der Waals surface area (Å²) in [6.07, 6.45) is 3.32. The van der Waals surface area contributed by atoms with Crippen LogP contribution >= 0.6 is 0 Å². The first-order valence-corrected chi connectivity index (χ1v) is 6.37. The highest BCUT2D eigenvalue weighted by Crippen LogP contribution is 2.19. The number of aromatic nitrogens is 1. The second kappa shape index (κ2) is 6.98. The Morgan fingerprint density at radius 3 is 3.00 bits per heavy atom. The lowest BCUT2D eigenvalue weighted by atomic mass is 10.2. The first kappa shape index (κ1) is 14.4. The number of halogens is 1. The molecular formula is C15H17FN2O2. The minimum Gasteiger partial charge on any atom is -0.444 e. The molecule has 0 aliphatic rings. The fourth-order valence-corrected chi connectivity index (χ4v) is 1.92. The highest BCUT2D eigenvalue weighted by atomic mass is 19.1. The summed E-state index contributed by atoms with van der Waals surface area (Å²) in [5.74, 6) is 0.0675. The van der Waals surface area contributed by atoms with Gasteiger partial charge in [-0.05, 0) is 18.2 Å². The smallest absolute Gasteiger partial charge is 0.226 e. The van der Waals surface area contributed by atoms with E-state index < -0.39 is 0 Å². The first-order chi connectivity index (χ1) is 9.72. The van der Waals surface area contributed by atoms with E-state index in [1.165, 1.54) is 12.1 Å². The van der Waals surface area contributed by atoms with Gasteiger partial charge in [0.2, 0.25) is 5.89 Å². The van der Waals surface area contributed by atoms with Crippen LogP contribution in [0.5, 0.6) is 0 Å². The van der Waals surface area contributed by atoms with E-state index in [0.29, 0.717) is 31.1 Å². The van der Waals surface area contributed by atoms with E-state index >= 15 is 0 Å². The molecule has 1 heterocycles. The Morgan fingerprint density at radius 1 is 1.45 bits per heavy atom. The lowest BCUT2D eigenvalue weighted by molar-refractivity contribution is 0.202. The summed E-state index contributed by atoms with van der Waals surface area (Å²) < 4.78 is 18.5. The average Bonchev–Trinajstić information content (AvgIpc) is 2.88. The Bertz CT molecular complexity index is 569. The van der Waals surface area contributed by atoms with Gasteiger partial charge in [-0.1, -0.05) is 12.1 Å². The van der Waals surface area contributed by atoms with Gasteiger partial charge < -0.3 is 9.52 Å². The third-order valence-corrected chi connectivity index (χ3v) is 2.81. The van der Waals surface area contributed by atoms with Crippen LogP contribution in [0.3, 0.4) is 0 Å². The van der Waals surface area contributed by atoms with E-state index in [2.05, 4.69) is 11.6 Å². The number of benzene rings is 1. The van der Waals surface area contributed by atoms with Crippen LogP contribution in [0.2, 0.25) is 0 Å². The molecule has 0 saturated carbocycles. The summed E-state index contributed by atoms with van der Waals surface area (Å²) in [5, 5.41) is 8.99. The normalized spacial score (nSPS) is 10.9. The molecule has 0 radical (unpaired) electrons. The fraction of sp³-hybridized carbons (Fsp3) is 0.267. The van der Waals surface area contributed by atoms with Gasteiger partial charge in [-0.15, -0.1) is 6.58 Å². The van der Waals surface area contributed by atoms with E-state index in [4.69, 9.17) is 9.52 Å². The summed E-state index contributed by atoms with van der Waals surface area (Å²) >= 11 is 0. The summed E-state index contributed by atoms with van der Waals surface area (Å²) in [6, 6.07) is 6.11.